The number of para-hydroxylation sites is 1. The van der Waals surface area contributed by atoms with Crippen LogP contribution in [0.1, 0.15) is 19.8 Å². The molecule has 1 atom stereocenters. The number of pyridine rings is 1. The van der Waals surface area contributed by atoms with E-state index in [1.807, 2.05) is 48.5 Å². The molecule has 1 heterocycles. The summed E-state index contributed by atoms with van der Waals surface area (Å²) in [6, 6.07) is 15.8. The van der Waals surface area contributed by atoms with Crippen LogP contribution in [0.2, 0.25) is 0 Å². The van der Waals surface area contributed by atoms with Crippen molar-refractivity contribution >= 4 is 16.6 Å². The summed E-state index contributed by atoms with van der Waals surface area (Å²) in [6.07, 6.45) is 3.76. The summed E-state index contributed by atoms with van der Waals surface area (Å²) in [6.45, 7) is 2.84. The first-order chi connectivity index (χ1) is 12.7. The number of hydrogen-bond acceptors (Lipinski definition) is 5. The third-order valence-electron chi connectivity index (χ3n) is 4.23. The average Bonchev–Trinajstić information content (AvgIpc) is 2.68. The molecule has 5 nitrogen and oxygen atoms in total. The second kappa shape index (κ2) is 8.54. The number of nitrogens with zero attached hydrogens (tertiary/aromatic N) is 1. The Morgan fingerprint density at radius 1 is 1.15 bits per heavy atom. The Morgan fingerprint density at radius 3 is 2.69 bits per heavy atom. The fourth-order valence-corrected chi connectivity index (χ4v) is 2.94. The van der Waals surface area contributed by atoms with Gasteiger partial charge in [0.05, 0.1) is 18.3 Å². The fraction of sp³-hybridized carbons (Fsp3) is 0.286. The minimum atomic E-state index is 0.286. The van der Waals surface area contributed by atoms with Crippen molar-refractivity contribution in [3.8, 4) is 17.2 Å². The lowest BCUT2D eigenvalue weighted by atomic mass is 10.1. The molecule has 0 aliphatic heterocycles. The minimum Gasteiger partial charge on any atom is -0.493 e. The monoisotopic (exact) mass is 351 g/mol. The van der Waals surface area contributed by atoms with Crippen molar-refractivity contribution in [1.82, 2.24) is 4.98 Å². The molecule has 136 valence electrons. The summed E-state index contributed by atoms with van der Waals surface area (Å²) in [5, 5.41) is 4.44. The van der Waals surface area contributed by atoms with Gasteiger partial charge in [0.1, 0.15) is 5.75 Å². The van der Waals surface area contributed by atoms with Gasteiger partial charge < -0.3 is 20.5 Å². The lowest BCUT2D eigenvalue weighted by molar-refractivity contribution is 0.381. The Kier molecular flexibility index (Phi) is 5.92. The highest BCUT2D eigenvalue weighted by molar-refractivity contribution is 5.97. The van der Waals surface area contributed by atoms with Crippen molar-refractivity contribution in [3.63, 3.8) is 0 Å². The second-order valence-electron chi connectivity index (χ2n) is 6.25. The lowest BCUT2D eigenvalue weighted by Gasteiger charge is -2.19. The topological polar surface area (TPSA) is 69.4 Å². The number of rotatable bonds is 8. The molecule has 26 heavy (non-hydrogen) atoms. The quantitative estimate of drug-likeness (QED) is 0.622. The SMILES string of the molecule is COc1cc(N[C@@H](C)CCCN)c2ncccc2c1Oc1ccccc1. The van der Waals surface area contributed by atoms with E-state index in [4.69, 9.17) is 15.2 Å². The zero-order valence-electron chi connectivity index (χ0n) is 15.2. The predicted molar refractivity (Wildman–Crippen MR) is 106 cm³/mol. The van der Waals surface area contributed by atoms with Gasteiger partial charge in [0.15, 0.2) is 11.5 Å². The van der Waals surface area contributed by atoms with Gasteiger partial charge in [0.25, 0.3) is 0 Å². The average molecular weight is 351 g/mol. The Morgan fingerprint density at radius 2 is 1.96 bits per heavy atom. The number of nitrogens with two attached hydrogens (primary N) is 1. The molecule has 0 bridgehead atoms. The van der Waals surface area contributed by atoms with Crippen molar-refractivity contribution in [3.05, 3.63) is 54.7 Å². The van der Waals surface area contributed by atoms with E-state index in [0.717, 1.165) is 35.2 Å². The van der Waals surface area contributed by atoms with Gasteiger partial charge in [-0.2, -0.15) is 0 Å². The first kappa shape index (κ1) is 18.0. The molecule has 0 aliphatic carbocycles. The van der Waals surface area contributed by atoms with Gasteiger partial charge >= 0.3 is 0 Å². The number of hydrogen-bond donors (Lipinski definition) is 2. The molecule has 2 aromatic carbocycles. The zero-order chi connectivity index (χ0) is 18.4. The van der Waals surface area contributed by atoms with E-state index in [0.29, 0.717) is 18.0 Å². The van der Waals surface area contributed by atoms with Crippen LogP contribution < -0.4 is 20.5 Å². The zero-order valence-corrected chi connectivity index (χ0v) is 15.2. The predicted octanol–water partition coefficient (Wildman–Crippen LogP) is 4.58. The summed E-state index contributed by atoms with van der Waals surface area (Å²) < 4.78 is 11.7. The number of fused-ring (bicyclic) bond motifs is 1. The summed E-state index contributed by atoms with van der Waals surface area (Å²) in [5.74, 6) is 2.10. The maximum absolute atomic E-state index is 6.13. The molecule has 3 N–H and O–H groups in total. The number of nitrogens with one attached hydrogen (secondary N) is 1. The summed E-state index contributed by atoms with van der Waals surface area (Å²) in [7, 11) is 1.65. The highest BCUT2D eigenvalue weighted by Gasteiger charge is 2.17. The smallest absolute Gasteiger partial charge is 0.178 e. The highest BCUT2D eigenvalue weighted by Crippen LogP contribution is 2.41. The molecule has 3 rings (SSSR count). The van der Waals surface area contributed by atoms with Crippen molar-refractivity contribution in [2.75, 3.05) is 19.0 Å². The van der Waals surface area contributed by atoms with Crippen molar-refractivity contribution in [2.24, 2.45) is 5.73 Å². The van der Waals surface area contributed by atoms with Crippen LogP contribution in [-0.2, 0) is 0 Å². The van der Waals surface area contributed by atoms with Crippen LogP contribution in [0.4, 0.5) is 5.69 Å². The Balaban J connectivity index is 2.02. The normalized spacial score (nSPS) is 12.0. The molecule has 0 saturated carbocycles. The lowest BCUT2D eigenvalue weighted by Crippen LogP contribution is -2.17. The molecule has 3 aromatic rings. The molecular weight excluding hydrogens is 326 g/mol. The van der Waals surface area contributed by atoms with Gasteiger partial charge in [0, 0.05) is 23.7 Å². The van der Waals surface area contributed by atoms with Crippen LogP contribution in [-0.4, -0.2) is 24.7 Å². The summed E-state index contributed by atoms with van der Waals surface area (Å²) in [4.78, 5) is 4.57. The van der Waals surface area contributed by atoms with Gasteiger partial charge in [0.2, 0.25) is 0 Å². The number of aromatic nitrogens is 1. The molecule has 0 saturated heterocycles. The van der Waals surface area contributed by atoms with Crippen LogP contribution in [0.3, 0.4) is 0 Å². The van der Waals surface area contributed by atoms with Gasteiger partial charge in [-0.15, -0.1) is 0 Å². The van der Waals surface area contributed by atoms with Crippen LogP contribution >= 0.6 is 0 Å². The van der Waals surface area contributed by atoms with Crippen molar-refractivity contribution in [1.29, 1.82) is 0 Å². The number of benzene rings is 2. The first-order valence-electron chi connectivity index (χ1n) is 8.88. The van der Waals surface area contributed by atoms with Gasteiger partial charge in [-0.05, 0) is 50.6 Å². The second-order valence-corrected chi connectivity index (χ2v) is 6.25. The maximum atomic E-state index is 6.13. The van der Waals surface area contributed by atoms with E-state index in [-0.39, 0.29) is 6.04 Å². The van der Waals surface area contributed by atoms with Gasteiger partial charge in [-0.3, -0.25) is 4.98 Å². The van der Waals surface area contributed by atoms with Gasteiger partial charge in [-0.25, -0.2) is 0 Å². The third-order valence-corrected chi connectivity index (χ3v) is 4.23. The number of methoxy groups -OCH3 is 1. The first-order valence-corrected chi connectivity index (χ1v) is 8.88. The molecule has 0 radical (unpaired) electrons. The largest absolute Gasteiger partial charge is 0.493 e. The van der Waals surface area contributed by atoms with E-state index in [2.05, 4.69) is 17.2 Å². The fourth-order valence-electron chi connectivity index (χ4n) is 2.94. The molecule has 0 spiro atoms. The minimum absolute atomic E-state index is 0.286. The van der Waals surface area contributed by atoms with Crippen LogP contribution in [0, 0.1) is 0 Å². The Hall–Kier alpha value is -2.79. The molecular formula is C21H25N3O2. The molecule has 0 fully saturated rings. The van der Waals surface area contributed by atoms with E-state index in [9.17, 15) is 0 Å². The van der Waals surface area contributed by atoms with Gasteiger partial charge in [-0.1, -0.05) is 18.2 Å². The van der Waals surface area contributed by atoms with Crippen LogP contribution in [0.5, 0.6) is 17.2 Å². The van der Waals surface area contributed by atoms with Crippen molar-refractivity contribution in [2.45, 2.75) is 25.8 Å². The maximum Gasteiger partial charge on any atom is 0.178 e. The van der Waals surface area contributed by atoms with E-state index < -0.39 is 0 Å². The standard InChI is InChI=1S/C21H25N3O2/c1-15(8-6-12-22)24-18-14-19(25-2)21(17-11-7-13-23-20(17)18)26-16-9-4-3-5-10-16/h3-5,7,9-11,13-15,24H,6,8,12,22H2,1-2H3/t15-/m0/s1. The molecule has 1 aromatic heterocycles. The third kappa shape index (κ3) is 4.06. The van der Waals surface area contributed by atoms with E-state index >= 15 is 0 Å². The Bertz CT molecular complexity index is 853. The molecule has 0 amide bonds. The van der Waals surface area contributed by atoms with E-state index in [1.54, 1.807) is 13.3 Å². The van der Waals surface area contributed by atoms with Crippen LogP contribution in [0.15, 0.2) is 54.7 Å². The van der Waals surface area contributed by atoms with E-state index in [1.165, 1.54) is 0 Å². The van der Waals surface area contributed by atoms with Crippen molar-refractivity contribution < 1.29 is 9.47 Å². The molecule has 5 heteroatoms. The Labute approximate surface area is 154 Å². The highest BCUT2D eigenvalue weighted by atomic mass is 16.5. The molecule has 0 aliphatic rings. The number of anilines is 1. The molecule has 0 unspecified atom stereocenters. The summed E-state index contributed by atoms with van der Waals surface area (Å²) in [5.41, 5.74) is 7.42. The summed E-state index contributed by atoms with van der Waals surface area (Å²) >= 11 is 0. The number of ether oxygens (including phenoxy) is 2. The van der Waals surface area contributed by atoms with Crippen LogP contribution in [0.25, 0.3) is 10.9 Å².